The van der Waals surface area contributed by atoms with Crippen molar-refractivity contribution in [3.63, 3.8) is 0 Å². The fraction of sp³-hybridized carbons (Fsp3) is 0.417. The molecule has 3 N–H and O–H groups in total. The van der Waals surface area contributed by atoms with Crippen molar-refractivity contribution in [1.29, 1.82) is 0 Å². The average molecular weight is 274 g/mol. The van der Waals surface area contributed by atoms with Crippen LogP contribution in [0.25, 0.3) is 0 Å². The molecule has 0 bridgehead atoms. The fourth-order valence-electron chi connectivity index (χ4n) is 1.58. The third-order valence-corrected chi connectivity index (χ3v) is 3.03. The number of oxime groups is 1. The van der Waals surface area contributed by atoms with Crippen LogP contribution in [0.4, 0.5) is 4.39 Å². The van der Waals surface area contributed by atoms with E-state index in [1.165, 1.54) is 12.1 Å². The Hall–Kier alpha value is -1.33. The first-order chi connectivity index (χ1) is 8.56. The average Bonchev–Trinajstić information content (AvgIpc) is 2.37. The van der Waals surface area contributed by atoms with Crippen LogP contribution in [-0.4, -0.2) is 29.0 Å². The lowest BCUT2D eigenvalue weighted by Gasteiger charge is -2.20. The highest BCUT2D eigenvalue weighted by atomic mass is 35.5. The van der Waals surface area contributed by atoms with Crippen molar-refractivity contribution in [1.82, 2.24) is 4.90 Å². The van der Waals surface area contributed by atoms with Crippen LogP contribution >= 0.6 is 11.6 Å². The summed E-state index contributed by atoms with van der Waals surface area (Å²) in [4.78, 5) is 2.04. The first-order valence-electron chi connectivity index (χ1n) is 5.69. The highest BCUT2D eigenvalue weighted by molar-refractivity contribution is 6.31. The summed E-state index contributed by atoms with van der Waals surface area (Å²) in [6.07, 6.45) is 0.456. The van der Waals surface area contributed by atoms with Gasteiger partial charge in [0.25, 0.3) is 0 Å². The van der Waals surface area contributed by atoms with E-state index in [-0.39, 0.29) is 11.7 Å². The molecule has 0 unspecified atom stereocenters. The molecule has 0 saturated carbocycles. The van der Waals surface area contributed by atoms with Crippen molar-refractivity contribution in [2.75, 3.05) is 13.1 Å². The lowest BCUT2D eigenvalue weighted by molar-refractivity contribution is 0.283. The number of hydrogen-bond donors (Lipinski definition) is 2. The zero-order valence-corrected chi connectivity index (χ0v) is 11.0. The zero-order chi connectivity index (χ0) is 13.5. The Morgan fingerprint density at radius 2 is 2.28 bits per heavy atom. The third kappa shape index (κ3) is 4.50. The summed E-state index contributed by atoms with van der Waals surface area (Å²) in [5.41, 5.74) is 6.14. The Morgan fingerprint density at radius 1 is 1.56 bits per heavy atom. The molecule has 1 rings (SSSR count). The molecule has 4 nitrogen and oxygen atoms in total. The number of benzene rings is 1. The number of nitrogens with two attached hydrogens (primary N) is 1. The molecule has 0 fully saturated rings. The van der Waals surface area contributed by atoms with Crippen LogP contribution in [0.2, 0.25) is 5.02 Å². The maximum absolute atomic E-state index is 13.1. The van der Waals surface area contributed by atoms with E-state index < -0.39 is 0 Å². The Balaban J connectivity index is 2.65. The number of hydrogen-bond acceptors (Lipinski definition) is 3. The monoisotopic (exact) mass is 273 g/mol. The second kappa shape index (κ2) is 7.18. The van der Waals surface area contributed by atoms with Crippen LogP contribution in [0.15, 0.2) is 23.4 Å². The lowest BCUT2D eigenvalue weighted by Crippen LogP contribution is -2.28. The van der Waals surface area contributed by atoms with E-state index in [2.05, 4.69) is 5.16 Å². The van der Waals surface area contributed by atoms with Gasteiger partial charge in [0.05, 0.1) is 0 Å². The van der Waals surface area contributed by atoms with Crippen LogP contribution in [0, 0.1) is 5.82 Å². The van der Waals surface area contributed by atoms with Gasteiger partial charge in [0, 0.05) is 24.5 Å². The topological polar surface area (TPSA) is 61.8 Å². The van der Waals surface area contributed by atoms with E-state index >= 15 is 0 Å². The largest absolute Gasteiger partial charge is 0.409 e. The molecule has 1 aromatic rings. The van der Waals surface area contributed by atoms with Crippen molar-refractivity contribution in [3.05, 3.63) is 34.6 Å². The van der Waals surface area contributed by atoms with Crippen molar-refractivity contribution in [2.24, 2.45) is 10.9 Å². The number of halogens is 2. The van der Waals surface area contributed by atoms with Crippen molar-refractivity contribution < 1.29 is 9.60 Å². The van der Waals surface area contributed by atoms with E-state index in [0.29, 0.717) is 24.5 Å². The van der Waals surface area contributed by atoms with Gasteiger partial charge in [-0.2, -0.15) is 0 Å². The molecule has 1 aromatic carbocycles. The molecule has 18 heavy (non-hydrogen) atoms. The predicted molar refractivity (Wildman–Crippen MR) is 70.4 cm³/mol. The smallest absolute Gasteiger partial charge is 0.140 e. The summed E-state index contributed by atoms with van der Waals surface area (Å²) in [5, 5.41) is 11.9. The van der Waals surface area contributed by atoms with Gasteiger partial charge in [0.15, 0.2) is 0 Å². The van der Waals surface area contributed by atoms with Gasteiger partial charge in [-0.1, -0.05) is 23.7 Å². The normalized spacial score (nSPS) is 12.1. The lowest BCUT2D eigenvalue weighted by atomic mass is 10.2. The van der Waals surface area contributed by atoms with Gasteiger partial charge in [0.2, 0.25) is 0 Å². The summed E-state index contributed by atoms with van der Waals surface area (Å²) in [6, 6.07) is 4.30. The molecule has 0 heterocycles. The minimum absolute atomic E-state index is 0.179. The molecule has 0 aromatic heterocycles. The predicted octanol–water partition coefficient (Wildman–Crippen LogP) is 2.44. The molecular formula is C12H17ClFN3O. The molecule has 0 spiro atoms. The Bertz CT molecular complexity index is 426. The maximum atomic E-state index is 13.1. The van der Waals surface area contributed by atoms with Crippen LogP contribution in [0.5, 0.6) is 0 Å². The van der Waals surface area contributed by atoms with Crippen LogP contribution in [-0.2, 0) is 6.54 Å². The van der Waals surface area contributed by atoms with Crippen LogP contribution < -0.4 is 5.73 Å². The zero-order valence-electron chi connectivity index (χ0n) is 10.2. The molecule has 0 aliphatic rings. The summed E-state index contributed by atoms with van der Waals surface area (Å²) in [6.45, 7) is 3.91. The highest BCUT2D eigenvalue weighted by Gasteiger charge is 2.08. The SMILES string of the molecule is CCN(CC/C(N)=N/O)Cc1cc(F)ccc1Cl. The summed E-state index contributed by atoms with van der Waals surface area (Å²) in [7, 11) is 0. The molecule has 0 saturated heterocycles. The number of amidine groups is 1. The number of nitrogens with zero attached hydrogens (tertiary/aromatic N) is 2. The minimum atomic E-state index is -0.304. The second-order valence-electron chi connectivity index (χ2n) is 3.95. The van der Waals surface area contributed by atoms with Gasteiger partial charge in [-0.3, -0.25) is 4.90 Å². The van der Waals surface area contributed by atoms with Crippen molar-refractivity contribution in [3.8, 4) is 0 Å². The first kappa shape index (κ1) is 14.7. The summed E-state index contributed by atoms with van der Waals surface area (Å²) < 4.78 is 13.1. The molecular weight excluding hydrogens is 257 g/mol. The van der Waals surface area contributed by atoms with Crippen molar-refractivity contribution >= 4 is 17.4 Å². The Kier molecular flexibility index (Phi) is 5.88. The van der Waals surface area contributed by atoms with Gasteiger partial charge in [-0.15, -0.1) is 0 Å². The van der Waals surface area contributed by atoms with Crippen molar-refractivity contribution in [2.45, 2.75) is 19.9 Å². The summed E-state index contributed by atoms with van der Waals surface area (Å²) in [5.74, 6) is -0.124. The molecule has 0 aliphatic carbocycles. The minimum Gasteiger partial charge on any atom is -0.409 e. The van der Waals surface area contributed by atoms with Gasteiger partial charge in [-0.05, 0) is 30.3 Å². The molecule has 0 aliphatic heterocycles. The van der Waals surface area contributed by atoms with Gasteiger partial charge >= 0.3 is 0 Å². The van der Waals surface area contributed by atoms with E-state index in [1.54, 1.807) is 6.07 Å². The van der Waals surface area contributed by atoms with Gasteiger partial charge < -0.3 is 10.9 Å². The highest BCUT2D eigenvalue weighted by Crippen LogP contribution is 2.18. The van der Waals surface area contributed by atoms with Gasteiger partial charge in [0.1, 0.15) is 11.7 Å². The summed E-state index contributed by atoms with van der Waals surface area (Å²) >= 11 is 6.01. The van der Waals surface area contributed by atoms with Crippen LogP contribution in [0.1, 0.15) is 18.9 Å². The fourth-order valence-corrected chi connectivity index (χ4v) is 1.75. The molecule has 6 heteroatoms. The first-order valence-corrected chi connectivity index (χ1v) is 6.07. The standard InChI is InChI=1S/C12H17ClFN3O/c1-2-17(6-5-12(15)16-18)8-9-7-10(14)3-4-11(9)13/h3-4,7,18H,2,5-6,8H2,1H3,(H2,15,16). The number of rotatable bonds is 6. The third-order valence-electron chi connectivity index (χ3n) is 2.66. The van der Waals surface area contributed by atoms with E-state index in [0.717, 1.165) is 12.1 Å². The van der Waals surface area contributed by atoms with E-state index in [9.17, 15) is 4.39 Å². The molecule has 100 valence electrons. The second-order valence-corrected chi connectivity index (χ2v) is 4.35. The molecule has 0 amide bonds. The molecule has 0 radical (unpaired) electrons. The quantitative estimate of drug-likeness (QED) is 0.362. The van der Waals surface area contributed by atoms with Crippen LogP contribution in [0.3, 0.4) is 0 Å². The molecule has 0 atom stereocenters. The maximum Gasteiger partial charge on any atom is 0.140 e. The Morgan fingerprint density at radius 3 is 2.89 bits per heavy atom. The Labute approximate surface area is 111 Å². The van der Waals surface area contributed by atoms with Gasteiger partial charge in [-0.25, -0.2) is 4.39 Å². The van der Waals surface area contributed by atoms with E-state index in [4.69, 9.17) is 22.5 Å². The van der Waals surface area contributed by atoms with E-state index in [1.807, 2.05) is 11.8 Å².